The van der Waals surface area contributed by atoms with Crippen LogP contribution in [0.5, 0.6) is 5.75 Å². The minimum absolute atomic E-state index is 0.259. The summed E-state index contributed by atoms with van der Waals surface area (Å²) < 4.78 is 19.2. The van der Waals surface area contributed by atoms with Gasteiger partial charge in [-0.15, -0.1) is 0 Å². The van der Waals surface area contributed by atoms with Crippen LogP contribution in [0.15, 0.2) is 42.5 Å². The van der Waals surface area contributed by atoms with Crippen LogP contribution >= 0.6 is 11.6 Å². The molecule has 0 aliphatic heterocycles. The Hall–Kier alpha value is -1.58. The second kappa shape index (κ2) is 7.43. The molecule has 2 rings (SSSR count). The molecule has 2 aromatic carbocycles. The van der Waals surface area contributed by atoms with Gasteiger partial charge in [0.15, 0.2) is 0 Å². The van der Waals surface area contributed by atoms with Crippen molar-refractivity contribution in [2.75, 3.05) is 0 Å². The zero-order valence-electron chi connectivity index (χ0n) is 12.2. The van der Waals surface area contributed by atoms with E-state index in [-0.39, 0.29) is 5.82 Å². The zero-order chi connectivity index (χ0) is 15.2. The van der Waals surface area contributed by atoms with Gasteiger partial charge in [-0.05, 0) is 35.9 Å². The van der Waals surface area contributed by atoms with Crippen molar-refractivity contribution in [2.45, 2.75) is 33.0 Å². The molecule has 0 spiro atoms. The Morgan fingerprint density at radius 2 is 2.00 bits per heavy atom. The molecule has 0 atom stereocenters. The fraction of sp³-hybridized carbons (Fsp3) is 0.294. The molecule has 21 heavy (non-hydrogen) atoms. The third-order valence-electron chi connectivity index (χ3n) is 3.01. The van der Waals surface area contributed by atoms with Gasteiger partial charge in [-0.2, -0.15) is 0 Å². The Morgan fingerprint density at radius 3 is 2.71 bits per heavy atom. The summed E-state index contributed by atoms with van der Waals surface area (Å²) >= 11 is 5.95. The summed E-state index contributed by atoms with van der Waals surface area (Å²) in [5.74, 6) is 0.426. The van der Waals surface area contributed by atoms with Crippen LogP contribution in [-0.2, 0) is 13.2 Å². The van der Waals surface area contributed by atoms with E-state index in [2.05, 4.69) is 5.32 Å². The highest BCUT2D eigenvalue weighted by molar-refractivity contribution is 6.30. The molecule has 0 radical (unpaired) electrons. The van der Waals surface area contributed by atoms with Crippen LogP contribution in [-0.4, -0.2) is 6.04 Å². The molecule has 4 heteroatoms. The van der Waals surface area contributed by atoms with E-state index in [1.54, 1.807) is 6.07 Å². The average molecular weight is 308 g/mol. The minimum Gasteiger partial charge on any atom is -0.489 e. The number of benzene rings is 2. The van der Waals surface area contributed by atoms with Gasteiger partial charge >= 0.3 is 0 Å². The summed E-state index contributed by atoms with van der Waals surface area (Å²) in [6.07, 6.45) is 0. The van der Waals surface area contributed by atoms with Gasteiger partial charge in [0, 0.05) is 23.2 Å². The van der Waals surface area contributed by atoms with Gasteiger partial charge in [-0.1, -0.05) is 37.6 Å². The first-order chi connectivity index (χ1) is 10.0. The lowest BCUT2D eigenvalue weighted by Crippen LogP contribution is -2.22. The maximum atomic E-state index is 13.4. The Morgan fingerprint density at radius 1 is 1.19 bits per heavy atom. The van der Waals surface area contributed by atoms with Crippen LogP contribution in [0.1, 0.15) is 25.0 Å². The minimum atomic E-state index is -0.259. The van der Waals surface area contributed by atoms with Gasteiger partial charge in [-0.3, -0.25) is 0 Å². The Bertz CT molecular complexity index is 601. The molecular weight excluding hydrogens is 289 g/mol. The highest BCUT2D eigenvalue weighted by Crippen LogP contribution is 2.21. The molecule has 2 aromatic rings. The van der Waals surface area contributed by atoms with Crippen molar-refractivity contribution in [2.24, 2.45) is 0 Å². The maximum Gasteiger partial charge on any atom is 0.124 e. The van der Waals surface area contributed by atoms with Crippen molar-refractivity contribution < 1.29 is 9.13 Å². The van der Waals surface area contributed by atoms with Crippen LogP contribution < -0.4 is 10.1 Å². The second-order valence-electron chi connectivity index (χ2n) is 5.21. The van der Waals surface area contributed by atoms with E-state index in [9.17, 15) is 4.39 Å². The monoisotopic (exact) mass is 307 g/mol. The van der Waals surface area contributed by atoms with Gasteiger partial charge in [-0.25, -0.2) is 4.39 Å². The van der Waals surface area contributed by atoms with Crippen molar-refractivity contribution in [1.82, 2.24) is 5.32 Å². The summed E-state index contributed by atoms with van der Waals surface area (Å²) in [7, 11) is 0. The standard InChI is InChI=1S/C17H19ClFNO/c1-12(2)20-10-14-9-16(19)6-7-17(14)21-11-13-4-3-5-15(18)8-13/h3-9,12,20H,10-11H2,1-2H3. The fourth-order valence-corrected chi connectivity index (χ4v) is 2.14. The molecule has 0 amide bonds. The molecule has 0 heterocycles. The Kier molecular flexibility index (Phi) is 5.59. The molecule has 1 N–H and O–H groups in total. The highest BCUT2D eigenvalue weighted by Gasteiger charge is 2.07. The number of hydrogen-bond donors (Lipinski definition) is 1. The molecule has 0 saturated heterocycles. The summed E-state index contributed by atoms with van der Waals surface area (Å²) in [6, 6.07) is 12.4. The van der Waals surface area contributed by atoms with E-state index in [0.29, 0.717) is 30.0 Å². The first-order valence-electron chi connectivity index (χ1n) is 6.93. The van der Waals surface area contributed by atoms with Crippen LogP contribution in [0.25, 0.3) is 0 Å². The molecule has 112 valence electrons. The third kappa shape index (κ3) is 5.03. The van der Waals surface area contributed by atoms with E-state index in [0.717, 1.165) is 11.1 Å². The molecule has 0 aliphatic carbocycles. The molecular formula is C17H19ClFNO. The molecule has 0 unspecified atom stereocenters. The highest BCUT2D eigenvalue weighted by atomic mass is 35.5. The van der Waals surface area contributed by atoms with Gasteiger partial charge in [0.05, 0.1) is 0 Å². The fourth-order valence-electron chi connectivity index (χ4n) is 1.93. The largest absolute Gasteiger partial charge is 0.489 e. The first-order valence-corrected chi connectivity index (χ1v) is 7.31. The van der Waals surface area contributed by atoms with Crippen molar-refractivity contribution in [3.8, 4) is 5.75 Å². The van der Waals surface area contributed by atoms with Crippen molar-refractivity contribution >= 4 is 11.6 Å². The van der Waals surface area contributed by atoms with Crippen molar-refractivity contribution in [3.05, 3.63) is 64.4 Å². The number of hydrogen-bond acceptors (Lipinski definition) is 2. The van der Waals surface area contributed by atoms with Crippen molar-refractivity contribution in [1.29, 1.82) is 0 Å². The average Bonchev–Trinajstić information content (AvgIpc) is 2.44. The van der Waals surface area contributed by atoms with Crippen LogP contribution in [0.4, 0.5) is 4.39 Å². The summed E-state index contributed by atoms with van der Waals surface area (Å²) in [5, 5.41) is 3.95. The predicted molar refractivity (Wildman–Crippen MR) is 84.2 cm³/mol. The second-order valence-corrected chi connectivity index (χ2v) is 5.64. The smallest absolute Gasteiger partial charge is 0.124 e. The maximum absolute atomic E-state index is 13.4. The van der Waals surface area contributed by atoms with Gasteiger partial charge in [0.1, 0.15) is 18.2 Å². The van der Waals surface area contributed by atoms with Gasteiger partial charge in [0.2, 0.25) is 0 Å². The Balaban J connectivity index is 2.08. The SMILES string of the molecule is CC(C)NCc1cc(F)ccc1OCc1cccc(Cl)c1. The van der Waals surface area contributed by atoms with E-state index in [1.807, 2.05) is 38.1 Å². The van der Waals surface area contributed by atoms with Crippen molar-refractivity contribution in [3.63, 3.8) is 0 Å². The zero-order valence-corrected chi connectivity index (χ0v) is 13.0. The summed E-state index contributed by atoms with van der Waals surface area (Å²) in [4.78, 5) is 0. The topological polar surface area (TPSA) is 21.3 Å². The summed E-state index contributed by atoms with van der Waals surface area (Å²) in [6.45, 7) is 5.07. The molecule has 2 nitrogen and oxygen atoms in total. The number of rotatable bonds is 6. The lowest BCUT2D eigenvalue weighted by Gasteiger charge is -2.14. The molecule has 0 fully saturated rings. The van der Waals surface area contributed by atoms with E-state index >= 15 is 0 Å². The molecule has 0 bridgehead atoms. The van der Waals surface area contributed by atoms with Gasteiger partial charge < -0.3 is 10.1 Å². The molecule has 0 aliphatic rings. The lowest BCUT2D eigenvalue weighted by molar-refractivity contribution is 0.301. The van der Waals surface area contributed by atoms with E-state index < -0.39 is 0 Å². The normalized spacial score (nSPS) is 10.9. The number of nitrogens with one attached hydrogen (secondary N) is 1. The Labute approximate surface area is 129 Å². The van der Waals surface area contributed by atoms with E-state index in [4.69, 9.17) is 16.3 Å². The number of halogens is 2. The molecule has 0 saturated carbocycles. The first kappa shape index (κ1) is 15.8. The van der Waals surface area contributed by atoms with Crippen LogP contribution in [0.2, 0.25) is 5.02 Å². The van der Waals surface area contributed by atoms with Gasteiger partial charge in [0.25, 0.3) is 0 Å². The van der Waals surface area contributed by atoms with E-state index in [1.165, 1.54) is 12.1 Å². The number of ether oxygens (including phenoxy) is 1. The predicted octanol–water partition coefficient (Wildman–Crippen LogP) is 4.56. The third-order valence-corrected chi connectivity index (χ3v) is 3.24. The summed E-state index contributed by atoms with van der Waals surface area (Å²) in [5.41, 5.74) is 1.79. The quantitative estimate of drug-likeness (QED) is 0.845. The molecule has 0 aromatic heterocycles. The van der Waals surface area contributed by atoms with Crippen LogP contribution in [0.3, 0.4) is 0 Å². The lowest BCUT2D eigenvalue weighted by atomic mass is 10.1. The van der Waals surface area contributed by atoms with Crippen LogP contribution in [0, 0.1) is 5.82 Å².